The largest absolute Gasteiger partial charge is 0.456 e. The average molecular weight is 792 g/mol. The molecule has 3 heteroatoms. The fourth-order valence-corrected chi connectivity index (χ4v) is 13.5. The minimum atomic E-state index is -3.04. The Bertz CT molecular complexity index is 3610. The first-order valence-electron chi connectivity index (χ1n) is 20.8. The SMILES string of the molecule is C(#C[Si](c1ccccc1)(c1ccccc1)c1ccc2oc3ccccc3c2c1)c1c2ccccc2c(-n2c3ccccc3c3cc(-c4ccccc4)ccc32)c2ccccc12. The van der Waals surface area contributed by atoms with Gasteiger partial charge in [0.1, 0.15) is 11.2 Å². The van der Waals surface area contributed by atoms with Gasteiger partial charge < -0.3 is 8.98 Å². The van der Waals surface area contributed by atoms with E-state index in [1.54, 1.807) is 0 Å². The van der Waals surface area contributed by atoms with Crippen LogP contribution in [0.3, 0.4) is 0 Å². The summed E-state index contributed by atoms with van der Waals surface area (Å²) in [5.74, 6) is 4.00. The Labute approximate surface area is 354 Å². The predicted octanol–water partition coefficient (Wildman–Crippen LogP) is 12.7. The highest BCUT2D eigenvalue weighted by Gasteiger charge is 2.39. The van der Waals surface area contributed by atoms with Crippen molar-refractivity contribution in [2.75, 3.05) is 0 Å². The molecule has 0 aliphatic rings. The van der Waals surface area contributed by atoms with Crippen LogP contribution < -0.4 is 15.6 Å². The molecule has 2 heterocycles. The van der Waals surface area contributed by atoms with Crippen molar-refractivity contribution >= 4 is 88.9 Å². The van der Waals surface area contributed by atoms with E-state index in [9.17, 15) is 0 Å². The van der Waals surface area contributed by atoms with Crippen molar-refractivity contribution in [1.82, 2.24) is 4.57 Å². The number of hydrogen-bond donors (Lipinski definition) is 0. The number of para-hydroxylation sites is 2. The number of rotatable bonds is 5. The van der Waals surface area contributed by atoms with Crippen LogP contribution in [0.15, 0.2) is 229 Å². The van der Waals surface area contributed by atoms with Gasteiger partial charge in [-0.05, 0) is 63.1 Å². The minimum absolute atomic E-state index is 0.885. The van der Waals surface area contributed by atoms with E-state index in [2.05, 4.69) is 234 Å². The van der Waals surface area contributed by atoms with E-state index in [0.717, 1.165) is 38.3 Å². The molecule has 0 saturated carbocycles. The number of hydrogen-bond acceptors (Lipinski definition) is 1. The zero-order valence-electron chi connectivity index (χ0n) is 33.2. The molecule has 10 aromatic carbocycles. The molecule has 12 aromatic rings. The van der Waals surface area contributed by atoms with E-state index in [-0.39, 0.29) is 0 Å². The van der Waals surface area contributed by atoms with Gasteiger partial charge in [0, 0.05) is 48.7 Å². The van der Waals surface area contributed by atoms with E-state index in [1.165, 1.54) is 65.0 Å². The summed E-state index contributed by atoms with van der Waals surface area (Å²) in [6.45, 7) is 0. The van der Waals surface area contributed by atoms with Crippen molar-refractivity contribution in [3.05, 3.63) is 230 Å². The van der Waals surface area contributed by atoms with E-state index in [0.29, 0.717) is 0 Å². The lowest BCUT2D eigenvalue weighted by atomic mass is 9.94. The van der Waals surface area contributed by atoms with Crippen molar-refractivity contribution in [2.45, 2.75) is 0 Å². The highest BCUT2D eigenvalue weighted by molar-refractivity contribution is 7.17. The second kappa shape index (κ2) is 14.1. The summed E-state index contributed by atoms with van der Waals surface area (Å²) in [7, 11) is -3.04. The van der Waals surface area contributed by atoms with E-state index >= 15 is 0 Å². The van der Waals surface area contributed by atoms with Crippen LogP contribution in [-0.2, 0) is 0 Å². The van der Waals surface area contributed by atoms with Gasteiger partial charge in [0.2, 0.25) is 8.07 Å². The number of fused-ring (bicyclic) bond motifs is 8. The fraction of sp³-hybridized carbons (Fsp3) is 0. The van der Waals surface area contributed by atoms with Crippen LogP contribution in [-0.4, -0.2) is 12.6 Å². The van der Waals surface area contributed by atoms with Crippen molar-refractivity contribution < 1.29 is 4.42 Å². The van der Waals surface area contributed by atoms with Crippen molar-refractivity contribution in [2.24, 2.45) is 0 Å². The Morgan fingerprint density at radius 2 is 0.869 bits per heavy atom. The molecule has 12 rings (SSSR count). The summed E-state index contributed by atoms with van der Waals surface area (Å²) in [5, 5.41) is 13.0. The third-order valence-electron chi connectivity index (χ3n) is 12.5. The van der Waals surface area contributed by atoms with Gasteiger partial charge in [0.15, 0.2) is 0 Å². The zero-order chi connectivity index (χ0) is 40.3. The first-order chi connectivity index (χ1) is 30.3. The molecular formula is C58H37NOSi. The highest BCUT2D eigenvalue weighted by atomic mass is 28.3. The topological polar surface area (TPSA) is 18.1 Å². The molecule has 0 N–H and O–H groups in total. The van der Waals surface area contributed by atoms with Crippen LogP contribution in [0, 0.1) is 11.5 Å². The second-order valence-corrected chi connectivity index (χ2v) is 19.3. The summed E-state index contributed by atoms with van der Waals surface area (Å²) in [4.78, 5) is 0. The van der Waals surface area contributed by atoms with Gasteiger partial charge in [-0.25, -0.2) is 0 Å². The van der Waals surface area contributed by atoms with E-state index in [1.807, 2.05) is 6.07 Å². The molecule has 0 atom stereocenters. The van der Waals surface area contributed by atoms with E-state index < -0.39 is 8.07 Å². The fourth-order valence-electron chi connectivity index (χ4n) is 9.71. The van der Waals surface area contributed by atoms with E-state index in [4.69, 9.17) is 4.42 Å². The maximum atomic E-state index is 6.36. The molecule has 0 spiro atoms. The van der Waals surface area contributed by atoms with Crippen LogP contribution in [0.25, 0.3) is 82.1 Å². The summed E-state index contributed by atoms with van der Waals surface area (Å²) in [6.07, 6.45) is 0. The number of benzene rings is 10. The molecule has 2 nitrogen and oxygen atoms in total. The lowest BCUT2D eigenvalue weighted by Gasteiger charge is -2.28. The summed E-state index contributed by atoms with van der Waals surface area (Å²) < 4.78 is 8.84. The molecule has 0 aliphatic carbocycles. The lowest BCUT2D eigenvalue weighted by molar-refractivity contribution is 0.669. The van der Waals surface area contributed by atoms with Gasteiger partial charge in [-0.3, -0.25) is 0 Å². The molecule has 0 bridgehead atoms. The van der Waals surface area contributed by atoms with Crippen LogP contribution in [0.4, 0.5) is 0 Å². The van der Waals surface area contributed by atoms with Gasteiger partial charge >= 0.3 is 0 Å². The molecule has 0 fully saturated rings. The van der Waals surface area contributed by atoms with Crippen LogP contribution >= 0.6 is 0 Å². The Hall–Kier alpha value is -7.90. The molecule has 61 heavy (non-hydrogen) atoms. The quantitative estimate of drug-likeness (QED) is 0.0735. The average Bonchev–Trinajstić information content (AvgIpc) is 3.87. The maximum absolute atomic E-state index is 6.36. The third-order valence-corrected chi connectivity index (χ3v) is 16.6. The predicted molar refractivity (Wildman–Crippen MR) is 259 cm³/mol. The van der Waals surface area contributed by atoms with Gasteiger partial charge in [-0.1, -0.05) is 194 Å². The minimum Gasteiger partial charge on any atom is -0.456 e. The Balaban J connectivity index is 1.16. The summed E-state index contributed by atoms with van der Waals surface area (Å²) >= 11 is 0. The number of nitrogens with zero attached hydrogens (tertiary/aromatic N) is 1. The lowest BCUT2D eigenvalue weighted by Crippen LogP contribution is -2.66. The summed E-state index contributed by atoms with van der Waals surface area (Å²) in [5.41, 5.74) is 12.9. The second-order valence-electron chi connectivity index (χ2n) is 15.8. The third kappa shape index (κ3) is 5.51. The van der Waals surface area contributed by atoms with Crippen LogP contribution in [0.1, 0.15) is 5.56 Å². The zero-order valence-corrected chi connectivity index (χ0v) is 34.2. The standard InChI is InChI=1S/C58H37NOSi/c1-4-18-40(19-5-1)41-32-34-55-52(38-41)48-26-14-16-30-54(48)59(55)58-50-28-12-10-24-45(50)47(46-25-11-13-29-51(46)58)36-37-61(42-20-6-2-7-21-42,43-22-8-3-9-23-43)44-33-35-57-53(39-44)49-27-15-17-31-56(49)60-57/h1-35,38-39H. The Morgan fingerprint density at radius 3 is 1.54 bits per heavy atom. The number of aromatic nitrogens is 1. The molecule has 0 saturated heterocycles. The van der Waals surface area contributed by atoms with Gasteiger partial charge in [0.25, 0.3) is 0 Å². The normalized spacial score (nSPS) is 11.8. The molecule has 0 unspecified atom stereocenters. The van der Waals surface area contributed by atoms with Crippen molar-refractivity contribution in [3.63, 3.8) is 0 Å². The van der Waals surface area contributed by atoms with Gasteiger partial charge in [-0.2, -0.15) is 0 Å². The van der Waals surface area contributed by atoms with Crippen molar-refractivity contribution in [3.8, 4) is 28.3 Å². The molecule has 284 valence electrons. The molecule has 0 amide bonds. The highest BCUT2D eigenvalue weighted by Crippen LogP contribution is 2.41. The van der Waals surface area contributed by atoms with Crippen LogP contribution in [0.5, 0.6) is 0 Å². The first kappa shape index (κ1) is 35.1. The van der Waals surface area contributed by atoms with Gasteiger partial charge in [-0.15, -0.1) is 5.54 Å². The first-order valence-corrected chi connectivity index (χ1v) is 22.8. The molecule has 0 radical (unpaired) electrons. The Kier molecular flexibility index (Phi) is 8.13. The molecule has 0 aliphatic heterocycles. The maximum Gasteiger partial charge on any atom is 0.230 e. The summed E-state index contributed by atoms with van der Waals surface area (Å²) in [6, 6.07) is 81.1. The molecular weight excluding hydrogens is 755 g/mol. The molecule has 2 aromatic heterocycles. The monoisotopic (exact) mass is 791 g/mol. The number of furan rings is 1. The van der Waals surface area contributed by atoms with Crippen LogP contribution in [0.2, 0.25) is 0 Å². The smallest absolute Gasteiger partial charge is 0.230 e. The van der Waals surface area contributed by atoms with Crippen molar-refractivity contribution in [1.29, 1.82) is 0 Å². The van der Waals surface area contributed by atoms with Gasteiger partial charge in [0.05, 0.1) is 16.7 Å². The Morgan fingerprint density at radius 1 is 0.344 bits per heavy atom.